The van der Waals surface area contributed by atoms with Crippen LogP contribution >= 0.6 is 0 Å². The molecule has 0 unspecified atom stereocenters. The molecule has 1 N–H and O–H groups in total. The Balaban J connectivity index is 2.84. The summed E-state index contributed by atoms with van der Waals surface area (Å²) >= 11 is 0. The van der Waals surface area contributed by atoms with E-state index in [0.717, 1.165) is 30.4 Å². The summed E-state index contributed by atoms with van der Waals surface area (Å²) in [6.07, 6.45) is 9.74. The van der Waals surface area contributed by atoms with Crippen LogP contribution in [0.5, 0.6) is 0 Å². The average molecular weight is 249 g/mol. The van der Waals surface area contributed by atoms with Crippen molar-refractivity contribution in [2.24, 2.45) is 0 Å². The molecular formula is C15H23NO2. The van der Waals surface area contributed by atoms with Gasteiger partial charge in [0.05, 0.1) is 5.54 Å². The van der Waals surface area contributed by atoms with Crippen LogP contribution in [0, 0.1) is 0 Å². The van der Waals surface area contributed by atoms with Gasteiger partial charge in [-0.15, -0.1) is 0 Å². The van der Waals surface area contributed by atoms with Crippen molar-refractivity contribution in [2.45, 2.75) is 52.5 Å². The van der Waals surface area contributed by atoms with Gasteiger partial charge in [-0.1, -0.05) is 13.3 Å². The van der Waals surface area contributed by atoms with Crippen molar-refractivity contribution < 1.29 is 10.0 Å². The van der Waals surface area contributed by atoms with Crippen LogP contribution in [0.15, 0.2) is 35.6 Å². The molecule has 18 heavy (non-hydrogen) atoms. The van der Waals surface area contributed by atoms with Crippen molar-refractivity contribution in [3.63, 3.8) is 0 Å². The van der Waals surface area contributed by atoms with Crippen LogP contribution < -0.4 is 0 Å². The van der Waals surface area contributed by atoms with Crippen molar-refractivity contribution in [1.82, 2.24) is 5.06 Å². The summed E-state index contributed by atoms with van der Waals surface area (Å²) in [4.78, 5) is 11.7. The molecule has 0 aromatic rings. The number of nitrogens with zero attached hydrogens (tertiary/aromatic N) is 1. The first-order valence-corrected chi connectivity index (χ1v) is 6.47. The van der Waals surface area contributed by atoms with Crippen LogP contribution in [0.4, 0.5) is 0 Å². The molecule has 0 heterocycles. The number of ketones is 1. The van der Waals surface area contributed by atoms with E-state index in [1.54, 1.807) is 18.4 Å². The third-order valence-corrected chi connectivity index (χ3v) is 2.84. The summed E-state index contributed by atoms with van der Waals surface area (Å²) in [6.45, 7) is 7.87. The van der Waals surface area contributed by atoms with E-state index in [1.165, 1.54) is 5.06 Å². The zero-order chi connectivity index (χ0) is 13.8. The first-order chi connectivity index (χ1) is 8.34. The van der Waals surface area contributed by atoms with E-state index < -0.39 is 0 Å². The molecule has 0 saturated heterocycles. The molecule has 0 aromatic heterocycles. The summed E-state index contributed by atoms with van der Waals surface area (Å²) in [5, 5.41) is 11.1. The number of unbranched alkanes of at least 4 members (excludes halogenated alkanes) is 1. The Morgan fingerprint density at radius 1 is 1.33 bits per heavy atom. The predicted octanol–water partition coefficient (Wildman–Crippen LogP) is 3.62. The standard InChI is InChI=1S/C15H23NO2/c1-5-6-7-13-10-12(8-9-14(13)17)11-16(18)15(2,3)4/h8-11,18H,5-7H2,1-4H3. The summed E-state index contributed by atoms with van der Waals surface area (Å²) < 4.78 is 0. The van der Waals surface area contributed by atoms with Crippen molar-refractivity contribution >= 4 is 5.78 Å². The SMILES string of the molecule is CCCCC1=CC(=CN(O)C(C)(C)C)C=CC1=O. The summed E-state index contributed by atoms with van der Waals surface area (Å²) in [5.41, 5.74) is 1.34. The number of hydroxylamine groups is 2. The highest BCUT2D eigenvalue weighted by Crippen LogP contribution is 2.20. The summed E-state index contributed by atoms with van der Waals surface area (Å²) in [6, 6.07) is 0. The third kappa shape index (κ3) is 4.15. The van der Waals surface area contributed by atoms with Crippen molar-refractivity contribution in [2.75, 3.05) is 0 Å². The highest BCUT2D eigenvalue weighted by Gasteiger charge is 2.17. The number of allylic oxidation sites excluding steroid dienone is 5. The molecule has 0 radical (unpaired) electrons. The van der Waals surface area contributed by atoms with Gasteiger partial charge in [0.25, 0.3) is 0 Å². The maximum atomic E-state index is 11.7. The predicted molar refractivity (Wildman–Crippen MR) is 73.2 cm³/mol. The van der Waals surface area contributed by atoms with Gasteiger partial charge in [-0.3, -0.25) is 15.1 Å². The maximum Gasteiger partial charge on any atom is 0.181 e. The smallest absolute Gasteiger partial charge is 0.181 e. The van der Waals surface area contributed by atoms with Gasteiger partial charge in [-0.2, -0.15) is 0 Å². The Hall–Kier alpha value is -1.35. The highest BCUT2D eigenvalue weighted by atomic mass is 16.5. The number of carbonyl (C=O) groups is 1. The van der Waals surface area contributed by atoms with E-state index in [9.17, 15) is 10.0 Å². The molecule has 1 aliphatic carbocycles. The van der Waals surface area contributed by atoms with Gasteiger partial charge in [0.1, 0.15) is 0 Å². The van der Waals surface area contributed by atoms with E-state index >= 15 is 0 Å². The Bertz CT molecular complexity index is 397. The highest BCUT2D eigenvalue weighted by molar-refractivity contribution is 6.06. The lowest BCUT2D eigenvalue weighted by Crippen LogP contribution is -2.34. The van der Waals surface area contributed by atoms with Crippen LogP contribution in [-0.2, 0) is 4.79 Å². The topological polar surface area (TPSA) is 40.5 Å². The Kier molecular flexibility index (Phi) is 4.91. The van der Waals surface area contributed by atoms with E-state index in [2.05, 4.69) is 6.92 Å². The minimum Gasteiger partial charge on any atom is -0.290 e. The van der Waals surface area contributed by atoms with Crippen molar-refractivity contribution in [3.8, 4) is 0 Å². The van der Waals surface area contributed by atoms with Gasteiger partial charge in [-0.25, -0.2) is 0 Å². The largest absolute Gasteiger partial charge is 0.290 e. The second kappa shape index (κ2) is 6.01. The summed E-state index contributed by atoms with van der Waals surface area (Å²) in [5.74, 6) is 0.0841. The van der Waals surface area contributed by atoms with Gasteiger partial charge < -0.3 is 0 Å². The number of hydrogen-bond donors (Lipinski definition) is 1. The van der Waals surface area contributed by atoms with E-state index in [-0.39, 0.29) is 11.3 Å². The average Bonchev–Trinajstić information content (AvgIpc) is 2.28. The first-order valence-electron chi connectivity index (χ1n) is 6.47. The Morgan fingerprint density at radius 3 is 2.56 bits per heavy atom. The van der Waals surface area contributed by atoms with Crippen molar-refractivity contribution in [1.29, 1.82) is 0 Å². The number of carbonyl (C=O) groups excluding carboxylic acids is 1. The molecule has 0 aliphatic heterocycles. The number of hydrogen-bond acceptors (Lipinski definition) is 3. The fourth-order valence-electron chi connectivity index (χ4n) is 1.58. The third-order valence-electron chi connectivity index (χ3n) is 2.84. The molecule has 1 aliphatic rings. The van der Waals surface area contributed by atoms with Gasteiger partial charge in [-0.05, 0) is 57.4 Å². The molecular weight excluding hydrogens is 226 g/mol. The maximum absolute atomic E-state index is 11.7. The normalized spacial score (nSPS) is 18.2. The molecule has 3 heteroatoms. The van der Waals surface area contributed by atoms with Crippen LogP contribution in [0.2, 0.25) is 0 Å². The lowest BCUT2D eigenvalue weighted by atomic mass is 9.96. The van der Waals surface area contributed by atoms with Crippen LogP contribution in [-0.4, -0.2) is 21.6 Å². The minimum absolute atomic E-state index is 0.0841. The zero-order valence-corrected chi connectivity index (χ0v) is 11.7. The molecule has 0 fully saturated rings. The Labute approximate surface area is 109 Å². The Morgan fingerprint density at radius 2 is 2.00 bits per heavy atom. The summed E-state index contributed by atoms with van der Waals surface area (Å²) in [7, 11) is 0. The van der Waals surface area contributed by atoms with E-state index in [1.807, 2.05) is 26.8 Å². The molecule has 0 amide bonds. The quantitative estimate of drug-likeness (QED) is 0.774. The number of rotatable bonds is 4. The molecule has 0 atom stereocenters. The molecule has 100 valence electrons. The zero-order valence-electron chi connectivity index (χ0n) is 11.7. The molecule has 0 saturated carbocycles. The van der Waals surface area contributed by atoms with Crippen LogP contribution in [0.1, 0.15) is 47.0 Å². The molecule has 0 aromatic carbocycles. The second-order valence-corrected chi connectivity index (χ2v) is 5.62. The second-order valence-electron chi connectivity index (χ2n) is 5.62. The first kappa shape index (κ1) is 14.7. The van der Waals surface area contributed by atoms with E-state index in [0.29, 0.717) is 0 Å². The monoisotopic (exact) mass is 249 g/mol. The molecule has 0 spiro atoms. The lowest BCUT2D eigenvalue weighted by molar-refractivity contribution is -0.112. The molecule has 3 nitrogen and oxygen atoms in total. The van der Waals surface area contributed by atoms with Gasteiger partial charge in [0.2, 0.25) is 0 Å². The molecule has 1 rings (SSSR count). The van der Waals surface area contributed by atoms with Crippen molar-refractivity contribution in [3.05, 3.63) is 35.6 Å². The minimum atomic E-state index is -0.348. The molecule has 0 bridgehead atoms. The fraction of sp³-hybridized carbons (Fsp3) is 0.533. The van der Waals surface area contributed by atoms with Gasteiger partial charge >= 0.3 is 0 Å². The van der Waals surface area contributed by atoms with Crippen LogP contribution in [0.3, 0.4) is 0 Å². The van der Waals surface area contributed by atoms with Crippen LogP contribution in [0.25, 0.3) is 0 Å². The fourth-order valence-corrected chi connectivity index (χ4v) is 1.58. The van der Waals surface area contributed by atoms with Gasteiger partial charge in [0.15, 0.2) is 5.78 Å². The lowest BCUT2D eigenvalue weighted by Gasteiger charge is -2.28. The van der Waals surface area contributed by atoms with Gasteiger partial charge in [0, 0.05) is 11.8 Å². The van der Waals surface area contributed by atoms with E-state index in [4.69, 9.17) is 0 Å².